The standard InChI is InChI=1S/C34H31NOSi/c1-22-19-25(37(3,4)5)17-18-26(22)31-20-32(35-21-23(31)2)30-16-10-15-29-28-14-9-13-27(33(28)36-34(29)30)24-11-7-6-8-12-24/h6-21H,1-5H3/i1D3,2D3. The van der Waals surface area contributed by atoms with E-state index in [9.17, 15) is 0 Å². The zero-order valence-corrected chi connectivity index (χ0v) is 22.1. The molecule has 0 aliphatic rings. The van der Waals surface area contributed by atoms with Crippen molar-refractivity contribution in [3.8, 4) is 33.5 Å². The highest BCUT2D eigenvalue weighted by Crippen LogP contribution is 2.40. The second-order valence-electron chi connectivity index (χ2n) is 10.5. The van der Waals surface area contributed by atoms with E-state index >= 15 is 0 Å². The number of aromatic nitrogens is 1. The minimum atomic E-state index is -2.50. The van der Waals surface area contributed by atoms with Crippen LogP contribution in [0.15, 0.2) is 102 Å². The molecule has 0 unspecified atom stereocenters. The molecule has 0 saturated heterocycles. The first-order valence-corrected chi connectivity index (χ1v) is 15.9. The molecule has 3 heteroatoms. The van der Waals surface area contributed by atoms with Crippen LogP contribution in [0.3, 0.4) is 0 Å². The molecule has 6 rings (SSSR count). The van der Waals surface area contributed by atoms with Crippen molar-refractivity contribution in [1.82, 2.24) is 4.98 Å². The van der Waals surface area contributed by atoms with E-state index in [4.69, 9.17) is 12.6 Å². The third-order valence-electron chi connectivity index (χ3n) is 6.96. The monoisotopic (exact) mass is 503 g/mol. The number of pyridine rings is 1. The molecule has 0 aliphatic carbocycles. The molecule has 0 fully saturated rings. The zero-order chi connectivity index (χ0) is 30.7. The number of hydrogen-bond acceptors (Lipinski definition) is 2. The van der Waals surface area contributed by atoms with Crippen LogP contribution in [0.2, 0.25) is 19.6 Å². The van der Waals surface area contributed by atoms with Crippen LogP contribution in [0.1, 0.15) is 19.4 Å². The number of furan rings is 1. The number of rotatable bonds is 4. The van der Waals surface area contributed by atoms with Gasteiger partial charge in [0.05, 0.1) is 13.8 Å². The van der Waals surface area contributed by atoms with Crippen LogP contribution in [0.4, 0.5) is 0 Å². The van der Waals surface area contributed by atoms with Gasteiger partial charge in [0.25, 0.3) is 0 Å². The molecule has 6 aromatic rings. The molecule has 0 N–H and O–H groups in total. The number of nitrogens with zero attached hydrogens (tertiary/aromatic N) is 1. The van der Waals surface area contributed by atoms with E-state index in [2.05, 4.69) is 24.6 Å². The van der Waals surface area contributed by atoms with E-state index in [1.807, 2.05) is 72.8 Å². The van der Waals surface area contributed by atoms with Crippen LogP contribution in [-0.4, -0.2) is 13.1 Å². The molecule has 2 nitrogen and oxygen atoms in total. The highest BCUT2D eigenvalue weighted by Gasteiger charge is 2.19. The summed E-state index contributed by atoms with van der Waals surface area (Å²) in [5, 5.41) is 2.87. The van der Waals surface area contributed by atoms with Gasteiger partial charge in [-0.2, -0.15) is 0 Å². The maximum atomic E-state index is 8.35. The van der Waals surface area contributed by atoms with Gasteiger partial charge >= 0.3 is 0 Å². The van der Waals surface area contributed by atoms with Gasteiger partial charge in [-0.05, 0) is 53.7 Å². The number of fused-ring (bicyclic) bond motifs is 3. The third-order valence-corrected chi connectivity index (χ3v) is 9.01. The van der Waals surface area contributed by atoms with Gasteiger partial charge in [-0.3, -0.25) is 4.98 Å². The van der Waals surface area contributed by atoms with Gasteiger partial charge in [0.1, 0.15) is 11.2 Å². The highest BCUT2D eigenvalue weighted by molar-refractivity contribution is 6.88. The summed E-state index contributed by atoms with van der Waals surface area (Å²) in [7, 11) is -1.84. The average molecular weight is 504 g/mol. The van der Waals surface area contributed by atoms with Crippen LogP contribution < -0.4 is 5.19 Å². The van der Waals surface area contributed by atoms with Gasteiger partial charge in [0, 0.05) is 36.3 Å². The molecule has 37 heavy (non-hydrogen) atoms. The summed E-state index contributed by atoms with van der Waals surface area (Å²) in [5.74, 6) is 0. The van der Waals surface area contributed by atoms with Gasteiger partial charge in [-0.15, -0.1) is 0 Å². The van der Waals surface area contributed by atoms with Gasteiger partial charge in [0.2, 0.25) is 0 Å². The Bertz CT molecular complexity index is 1990. The second-order valence-corrected chi connectivity index (χ2v) is 15.5. The number of hydrogen-bond donors (Lipinski definition) is 0. The minimum absolute atomic E-state index is 0.00523. The summed E-state index contributed by atoms with van der Waals surface area (Å²) in [6.45, 7) is 1.52. The number of benzene rings is 4. The van der Waals surface area contributed by atoms with Crippen molar-refractivity contribution in [3.63, 3.8) is 0 Å². The molecule has 2 heterocycles. The molecule has 0 atom stereocenters. The summed E-state index contributed by atoms with van der Waals surface area (Å²) < 4.78 is 56.4. The Morgan fingerprint density at radius 1 is 0.649 bits per heavy atom. The fraction of sp³-hybridized carbons (Fsp3) is 0.147. The Kier molecular flexibility index (Phi) is 4.19. The lowest BCUT2D eigenvalue weighted by atomic mass is 9.95. The largest absolute Gasteiger partial charge is 0.455 e. The molecule has 182 valence electrons. The van der Waals surface area contributed by atoms with Crippen LogP contribution in [0, 0.1) is 13.7 Å². The fourth-order valence-corrected chi connectivity index (χ4v) is 6.10. The summed E-state index contributed by atoms with van der Waals surface area (Å²) in [6, 6.07) is 29.1. The summed E-state index contributed by atoms with van der Waals surface area (Å²) in [4.78, 5) is 4.60. The second kappa shape index (κ2) is 8.86. The van der Waals surface area contributed by atoms with E-state index in [1.54, 1.807) is 18.2 Å². The van der Waals surface area contributed by atoms with Crippen LogP contribution in [-0.2, 0) is 0 Å². The maximum absolute atomic E-state index is 8.35. The molecule has 0 amide bonds. The summed E-state index contributed by atoms with van der Waals surface area (Å²) >= 11 is 0. The van der Waals surface area contributed by atoms with Crippen molar-refractivity contribution < 1.29 is 12.6 Å². The summed E-state index contributed by atoms with van der Waals surface area (Å²) in [6.07, 6.45) is 1.35. The van der Waals surface area contributed by atoms with Crippen LogP contribution in [0.5, 0.6) is 0 Å². The molecule has 2 aromatic heterocycles. The van der Waals surface area contributed by atoms with Crippen molar-refractivity contribution in [3.05, 3.63) is 108 Å². The first kappa shape index (κ1) is 17.5. The van der Waals surface area contributed by atoms with Crippen molar-refractivity contribution in [1.29, 1.82) is 0 Å². The maximum Gasteiger partial charge on any atom is 0.144 e. The smallest absolute Gasteiger partial charge is 0.144 e. The van der Waals surface area contributed by atoms with E-state index < -0.39 is 21.8 Å². The fourth-order valence-electron chi connectivity index (χ4n) is 4.94. The first-order valence-electron chi connectivity index (χ1n) is 15.4. The summed E-state index contributed by atoms with van der Waals surface area (Å²) in [5.41, 5.74) is 5.44. The van der Waals surface area contributed by atoms with Gasteiger partial charge < -0.3 is 4.42 Å². The molecule has 0 radical (unpaired) electrons. The average Bonchev–Trinajstić information content (AvgIpc) is 3.35. The third kappa shape index (κ3) is 4.10. The highest BCUT2D eigenvalue weighted by atomic mass is 28.3. The molecule has 0 aliphatic heterocycles. The van der Waals surface area contributed by atoms with Gasteiger partial charge in [-0.1, -0.05) is 104 Å². The number of aryl methyl sites for hydroxylation is 2. The lowest BCUT2D eigenvalue weighted by Crippen LogP contribution is -2.37. The Labute approximate surface area is 228 Å². The van der Waals surface area contributed by atoms with Gasteiger partial charge in [0.15, 0.2) is 0 Å². The van der Waals surface area contributed by atoms with Crippen molar-refractivity contribution >= 4 is 35.2 Å². The minimum Gasteiger partial charge on any atom is -0.455 e. The zero-order valence-electron chi connectivity index (χ0n) is 27.1. The Hall–Kier alpha value is -3.95. The quantitative estimate of drug-likeness (QED) is 0.224. The van der Waals surface area contributed by atoms with Crippen molar-refractivity contribution in [2.24, 2.45) is 0 Å². The van der Waals surface area contributed by atoms with E-state index in [1.165, 1.54) is 6.20 Å². The number of para-hydroxylation sites is 2. The molecular weight excluding hydrogens is 466 g/mol. The van der Waals surface area contributed by atoms with E-state index in [-0.39, 0.29) is 11.1 Å². The van der Waals surface area contributed by atoms with Gasteiger partial charge in [-0.25, -0.2) is 0 Å². The van der Waals surface area contributed by atoms with Crippen molar-refractivity contribution in [2.75, 3.05) is 0 Å². The lowest BCUT2D eigenvalue weighted by molar-refractivity contribution is 0.671. The predicted octanol–water partition coefficient (Wildman–Crippen LogP) is 9.14. The predicted molar refractivity (Wildman–Crippen MR) is 160 cm³/mol. The first-order chi connectivity index (χ1) is 20.2. The molecule has 4 aromatic carbocycles. The van der Waals surface area contributed by atoms with Crippen molar-refractivity contribution in [2.45, 2.75) is 33.3 Å². The normalized spacial score (nSPS) is 15.0. The van der Waals surface area contributed by atoms with E-state index in [0.717, 1.165) is 32.7 Å². The Morgan fingerprint density at radius 3 is 2.05 bits per heavy atom. The molecular formula is C34H31NOSi. The lowest BCUT2D eigenvalue weighted by Gasteiger charge is -2.19. The molecule has 0 saturated carbocycles. The Balaban J connectivity index is 1.61. The topological polar surface area (TPSA) is 26.0 Å². The van der Waals surface area contributed by atoms with Crippen LogP contribution >= 0.6 is 0 Å². The van der Waals surface area contributed by atoms with E-state index in [0.29, 0.717) is 28.0 Å². The SMILES string of the molecule is [2H]C([2H])([2H])c1cnc(-c2cccc3c2oc2c(-c4ccccc4)cccc23)cc1-c1ccc([Si](C)(C)C)cc1C([2H])([2H])[2H]. The Morgan fingerprint density at radius 2 is 1.35 bits per heavy atom. The molecule has 0 spiro atoms. The van der Waals surface area contributed by atoms with Crippen LogP contribution in [0.25, 0.3) is 55.4 Å². The molecule has 0 bridgehead atoms.